The van der Waals surface area contributed by atoms with Gasteiger partial charge in [-0.1, -0.05) is 13.0 Å². The second-order valence-corrected chi connectivity index (χ2v) is 6.77. The Hall–Kier alpha value is -0.0300. The van der Waals surface area contributed by atoms with E-state index in [1.807, 2.05) is 13.6 Å². The molecule has 0 aromatic heterocycles. The molecular weight excluding hydrogens is 155 g/mol. The van der Waals surface area contributed by atoms with E-state index in [0.717, 1.165) is 19.0 Å². The SMILES string of the molecule is CCP(C)(=O)C1=CCCCC1. The van der Waals surface area contributed by atoms with Crippen molar-refractivity contribution in [1.82, 2.24) is 0 Å². The molecule has 11 heavy (non-hydrogen) atoms. The molecule has 0 saturated heterocycles. The minimum absolute atomic E-state index is 0.832. The topological polar surface area (TPSA) is 17.1 Å². The maximum Gasteiger partial charge on any atom is 0.108 e. The first-order chi connectivity index (χ1) is 5.17. The van der Waals surface area contributed by atoms with Crippen molar-refractivity contribution in [3.63, 3.8) is 0 Å². The highest BCUT2D eigenvalue weighted by atomic mass is 31.2. The summed E-state index contributed by atoms with van der Waals surface area (Å²) in [7, 11) is -1.89. The molecule has 2 heteroatoms. The molecule has 1 aliphatic rings. The summed E-state index contributed by atoms with van der Waals surface area (Å²) in [5, 5.41) is 1.26. The van der Waals surface area contributed by atoms with Gasteiger partial charge in [0.25, 0.3) is 0 Å². The van der Waals surface area contributed by atoms with Crippen molar-refractivity contribution in [2.45, 2.75) is 32.6 Å². The van der Waals surface area contributed by atoms with Crippen LogP contribution in [-0.2, 0) is 4.57 Å². The van der Waals surface area contributed by atoms with Gasteiger partial charge in [-0.2, -0.15) is 0 Å². The van der Waals surface area contributed by atoms with Crippen LogP contribution in [0.1, 0.15) is 32.6 Å². The minimum Gasteiger partial charge on any atom is -0.319 e. The van der Waals surface area contributed by atoms with E-state index in [2.05, 4.69) is 6.08 Å². The van der Waals surface area contributed by atoms with Crippen molar-refractivity contribution in [3.8, 4) is 0 Å². The molecule has 0 aromatic rings. The van der Waals surface area contributed by atoms with E-state index in [1.165, 1.54) is 18.2 Å². The number of hydrogen-bond donors (Lipinski definition) is 0. The van der Waals surface area contributed by atoms with Crippen LogP contribution in [0.3, 0.4) is 0 Å². The van der Waals surface area contributed by atoms with Crippen LogP contribution < -0.4 is 0 Å². The fourth-order valence-corrected chi connectivity index (χ4v) is 3.01. The van der Waals surface area contributed by atoms with Crippen LogP contribution in [-0.4, -0.2) is 12.8 Å². The molecular formula is C9H17OP. The van der Waals surface area contributed by atoms with Crippen molar-refractivity contribution in [2.75, 3.05) is 12.8 Å². The molecule has 1 rings (SSSR count). The molecule has 0 aromatic carbocycles. The smallest absolute Gasteiger partial charge is 0.108 e. The van der Waals surface area contributed by atoms with E-state index in [0.29, 0.717) is 0 Å². The molecule has 0 spiro atoms. The predicted octanol–water partition coefficient (Wildman–Crippen LogP) is 3.46. The summed E-state index contributed by atoms with van der Waals surface area (Å²) in [6.07, 6.45) is 7.79. The zero-order valence-electron chi connectivity index (χ0n) is 7.47. The van der Waals surface area contributed by atoms with Crippen LogP contribution in [0, 0.1) is 0 Å². The number of hydrogen-bond acceptors (Lipinski definition) is 1. The molecule has 64 valence electrons. The summed E-state index contributed by atoms with van der Waals surface area (Å²) in [6, 6.07) is 0. The average molecular weight is 172 g/mol. The highest BCUT2D eigenvalue weighted by molar-refractivity contribution is 7.67. The van der Waals surface area contributed by atoms with Crippen molar-refractivity contribution < 1.29 is 4.57 Å². The fraction of sp³-hybridized carbons (Fsp3) is 0.778. The Morgan fingerprint density at radius 1 is 1.55 bits per heavy atom. The Morgan fingerprint density at radius 2 is 2.27 bits per heavy atom. The van der Waals surface area contributed by atoms with E-state index in [4.69, 9.17) is 0 Å². The zero-order valence-corrected chi connectivity index (χ0v) is 8.36. The van der Waals surface area contributed by atoms with Crippen molar-refractivity contribution in [2.24, 2.45) is 0 Å². The highest BCUT2D eigenvalue weighted by Gasteiger charge is 2.19. The van der Waals surface area contributed by atoms with Gasteiger partial charge in [0.1, 0.15) is 7.14 Å². The molecule has 0 bridgehead atoms. The van der Waals surface area contributed by atoms with Gasteiger partial charge in [-0.25, -0.2) is 0 Å². The van der Waals surface area contributed by atoms with Crippen LogP contribution in [0.15, 0.2) is 11.4 Å². The van der Waals surface area contributed by atoms with Gasteiger partial charge in [0.05, 0.1) is 0 Å². The van der Waals surface area contributed by atoms with Crippen molar-refractivity contribution >= 4 is 7.14 Å². The lowest BCUT2D eigenvalue weighted by Gasteiger charge is -2.18. The first kappa shape index (κ1) is 9.06. The Labute approximate surface area is 69.3 Å². The van der Waals surface area contributed by atoms with E-state index >= 15 is 0 Å². The fourth-order valence-electron chi connectivity index (χ4n) is 1.45. The van der Waals surface area contributed by atoms with Gasteiger partial charge in [0, 0.05) is 6.16 Å². The molecule has 0 saturated carbocycles. The first-order valence-electron chi connectivity index (χ1n) is 4.43. The maximum absolute atomic E-state index is 11.9. The van der Waals surface area contributed by atoms with Crippen LogP contribution in [0.4, 0.5) is 0 Å². The highest BCUT2D eigenvalue weighted by Crippen LogP contribution is 2.52. The van der Waals surface area contributed by atoms with Gasteiger partial charge in [0.2, 0.25) is 0 Å². The normalized spacial score (nSPS) is 24.0. The molecule has 0 aliphatic heterocycles. The molecule has 0 fully saturated rings. The van der Waals surface area contributed by atoms with E-state index in [-0.39, 0.29) is 0 Å². The molecule has 1 aliphatic carbocycles. The Balaban J connectivity index is 2.72. The van der Waals surface area contributed by atoms with Crippen LogP contribution in [0.2, 0.25) is 0 Å². The molecule has 0 heterocycles. The summed E-state index contributed by atoms with van der Waals surface area (Å²) >= 11 is 0. The van der Waals surface area contributed by atoms with Gasteiger partial charge >= 0.3 is 0 Å². The minimum atomic E-state index is -1.89. The van der Waals surface area contributed by atoms with Crippen LogP contribution in [0.5, 0.6) is 0 Å². The van der Waals surface area contributed by atoms with Crippen LogP contribution >= 0.6 is 7.14 Å². The maximum atomic E-state index is 11.9. The van der Waals surface area contributed by atoms with Crippen molar-refractivity contribution in [1.29, 1.82) is 0 Å². The second kappa shape index (κ2) is 3.58. The van der Waals surface area contributed by atoms with Crippen LogP contribution in [0.25, 0.3) is 0 Å². The zero-order chi connectivity index (χ0) is 8.32. The monoisotopic (exact) mass is 172 g/mol. The summed E-state index contributed by atoms with van der Waals surface area (Å²) in [4.78, 5) is 0. The first-order valence-corrected chi connectivity index (χ1v) is 6.77. The number of allylic oxidation sites excluding steroid dienone is 2. The average Bonchev–Trinajstić information content (AvgIpc) is 2.06. The third-order valence-electron chi connectivity index (χ3n) is 2.48. The van der Waals surface area contributed by atoms with E-state index in [1.54, 1.807) is 0 Å². The molecule has 1 nitrogen and oxygen atoms in total. The summed E-state index contributed by atoms with van der Waals surface area (Å²) in [5.74, 6) is 0. The Bertz CT molecular complexity index is 206. The largest absolute Gasteiger partial charge is 0.319 e. The van der Waals surface area contributed by atoms with Gasteiger partial charge < -0.3 is 4.57 Å². The third kappa shape index (κ3) is 2.20. The van der Waals surface area contributed by atoms with E-state index in [9.17, 15) is 4.57 Å². The predicted molar refractivity (Wildman–Crippen MR) is 50.6 cm³/mol. The second-order valence-electron chi connectivity index (χ2n) is 3.36. The van der Waals surface area contributed by atoms with Crippen molar-refractivity contribution in [3.05, 3.63) is 11.4 Å². The summed E-state index contributed by atoms with van der Waals surface area (Å²) < 4.78 is 11.9. The Morgan fingerprint density at radius 3 is 2.73 bits per heavy atom. The van der Waals surface area contributed by atoms with E-state index < -0.39 is 7.14 Å². The molecule has 1 atom stereocenters. The quantitative estimate of drug-likeness (QED) is 0.583. The number of rotatable bonds is 2. The third-order valence-corrected chi connectivity index (χ3v) is 5.31. The lowest BCUT2D eigenvalue weighted by Crippen LogP contribution is -1.94. The molecule has 0 N–H and O–H groups in total. The van der Waals surface area contributed by atoms with Gasteiger partial charge in [-0.3, -0.25) is 0 Å². The standard InChI is InChI=1S/C9H17OP/c1-3-11(2,10)9-7-5-4-6-8-9/h7H,3-6,8H2,1-2H3. The van der Waals surface area contributed by atoms with Gasteiger partial charge in [0.15, 0.2) is 0 Å². The summed E-state index contributed by atoms with van der Waals surface area (Å²) in [6.45, 7) is 3.94. The molecule has 1 unspecified atom stereocenters. The molecule has 0 radical (unpaired) electrons. The van der Waals surface area contributed by atoms with Gasteiger partial charge in [-0.05, 0) is 37.7 Å². The summed E-state index contributed by atoms with van der Waals surface area (Å²) in [5.41, 5.74) is 0. The molecule has 0 amide bonds. The lowest BCUT2D eigenvalue weighted by molar-refractivity contribution is 0.579. The van der Waals surface area contributed by atoms with Gasteiger partial charge in [-0.15, -0.1) is 0 Å². The Kier molecular flexibility index (Phi) is 2.95. The lowest BCUT2D eigenvalue weighted by atomic mass is 10.1.